The van der Waals surface area contributed by atoms with E-state index < -0.39 is 0 Å². The second-order valence-electron chi connectivity index (χ2n) is 4.34. The van der Waals surface area contributed by atoms with Crippen LogP contribution >= 0.6 is 0 Å². The SMILES string of the molecule is Cc1ccc(C)c(C2=CCCNCC2)c1. The van der Waals surface area contributed by atoms with Crippen LogP contribution in [0.15, 0.2) is 24.3 Å². The van der Waals surface area contributed by atoms with E-state index in [1.54, 1.807) is 0 Å². The molecule has 0 aromatic heterocycles. The van der Waals surface area contributed by atoms with Crippen molar-refractivity contribution < 1.29 is 0 Å². The molecule has 1 aromatic carbocycles. The highest BCUT2D eigenvalue weighted by Gasteiger charge is 2.07. The molecule has 0 fully saturated rings. The second-order valence-corrected chi connectivity index (χ2v) is 4.34. The van der Waals surface area contributed by atoms with Gasteiger partial charge in [-0.1, -0.05) is 29.8 Å². The Hall–Kier alpha value is -1.08. The van der Waals surface area contributed by atoms with Crippen molar-refractivity contribution in [1.82, 2.24) is 5.32 Å². The molecule has 1 aliphatic heterocycles. The monoisotopic (exact) mass is 201 g/mol. The summed E-state index contributed by atoms with van der Waals surface area (Å²) < 4.78 is 0. The van der Waals surface area contributed by atoms with Crippen LogP contribution in [0.3, 0.4) is 0 Å². The van der Waals surface area contributed by atoms with E-state index in [0.29, 0.717) is 0 Å². The van der Waals surface area contributed by atoms with Crippen molar-refractivity contribution in [1.29, 1.82) is 0 Å². The maximum absolute atomic E-state index is 3.43. The van der Waals surface area contributed by atoms with Crippen LogP contribution < -0.4 is 5.32 Å². The van der Waals surface area contributed by atoms with Crippen LogP contribution in [0.4, 0.5) is 0 Å². The van der Waals surface area contributed by atoms with Gasteiger partial charge in [0.05, 0.1) is 0 Å². The van der Waals surface area contributed by atoms with Gasteiger partial charge >= 0.3 is 0 Å². The smallest absolute Gasteiger partial charge is 0.000812 e. The van der Waals surface area contributed by atoms with Crippen molar-refractivity contribution in [3.8, 4) is 0 Å². The van der Waals surface area contributed by atoms with Gasteiger partial charge < -0.3 is 5.32 Å². The van der Waals surface area contributed by atoms with E-state index in [-0.39, 0.29) is 0 Å². The molecule has 0 atom stereocenters. The molecular formula is C14H19N. The third-order valence-electron chi connectivity index (χ3n) is 3.02. The Labute approximate surface area is 92.2 Å². The zero-order chi connectivity index (χ0) is 10.7. The molecule has 0 saturated heterocycles. The molecule has 0 unspecified atom stereocenters. The van der Waals surface area contributed by atoms with Gasteiger partial charge in [0.2, 0.25) is 0 Å². The average molecular weight is 201 g/mol. The lowest BCUT2D eigenvalue weighted by molar-refractivity contribution is 0.718. The summed E-state index contributed by atoms with van der Waals surface area (Å²) in [5.41, 5.74) is 5.71. The number of hydrogen-bond donors (Lipinski definition) is 1. The largest absolute Gasteiger partial charge is 0.316 e. The van der Waals surface area contributed by atoms with Crippen molar-refractivity contribution in [3.05, 3.63) is 41.0 Å². The minimum absolute atomic E-state index is 1.11. The molecular weight excluding hydrogens is 182 g/mol. The summed E-state index contributed by atoms with van der Waals surface area (Å²) in [7, 11) is 0. The first-order chi connectivity index (χ1) is 7.27. The Kier molecular flexibility index (Phi) is 3.22. The molecule has 2 rings (SSSR count). The van der Waals surface area contributed by atoms with Crippen LogP contribution in [0.5, 0.6) is 0 Å². The number of nitrogens with one attached hydrogen (secondary N) is 1. The molecule has 1 aliphatic rings. The van der Waals surface area contributed by atoms with E-state index >= 15 is 0 Å². The fraction of sp³-hybridized carbons (Fsp3) is 0.429. The van der Waals surface area contributed by atoms with Gasteiger partial charge in [-0.15, -0.1) is 0 Å². The predicted molar refractivity (Wildman–Crippen MR) is 66.0 cm³/mol. The van der Waals surface area contributed by atoms with Crippen molar-refractivity contribution in [3.63, 3.8) is 0 Å². The van der Waals surface area contributed by atoms with Crippen molar-refractivity contribution >= 4 is 5.57 Å². The normalized spacial score (nSPS) is 17.1. The van der Waals surface area contributed by atoms with Gasteiger partial charge in [0.15, 0.2) is 0 Å². The maximum Gasteiger partial charge on any atom is -0.000812 e. The van der Waals surface area contributed by atoms with Gasteiger partial charge in [-0.25, -0.2) is 0 Å². The number of benzene rings is 1. The lowest BCUT2D eigenvalue weighted by Crippen LogP contribution is -2.13. The van der Waals surface area contributed by atoms with E-state index in [0.717, 1.165) is 25.9 Å². The highest BCUT2D eigenvalue weighted by Crippen LogP contribution is 2.24. The quantitative estimate of drug-likeness (QED) is 0.736. The van der Waals surface area contributed by atoms with Crippen LogP contribution in [0, 0.1) is 13.8 Å². The van der Waals surface area contributed by atoms with Crippen LogP contribution in [-0.4, -0.2) is 13.1 Å². The standard InChI is InChI=1S/C14H19N/c1-11-5-6-12(2)14(10-11)13-4-3-8-15-9-7-13/h4-6,10,15H,3,7-9H2,1-2H3. The molecule has 0 amide bonds. The van der Waals surface area contributed by atoms with E-state index in [1.807, 2.05) is 0 Å². The molecule has 80 valence electrons. The van der Waals surface area contributed by atoms with Crippen molar-refractivity contribution in [2.24, 2.45) is 0 Å². The first kappa shape index (κ1) is 10.4. The summed E-state index contributed by atoms with van der Waals surface area (Å²) >= 11 is 0. The van der Waals surface area contributed by atoms with E-state index in [2.05, 4.69) is 43.4 Å². The summed E-state index contributed by atoms with van der Waals surface area (Å²) in [5.74, 6) is 0. The molecule has 1 aromatic rings. The van der Waals surface area contributed by atoms with Gasteiger partial charge in [0.25, 0.3) is 0 Å². The molecule has 15 heavy (non-hydrogen) atoms. The number of hydrogen-bond acceptors (Lipinski definition) is 1. The Bertz CT molecular complexity index is 377. The van der Waals surface area contributed by atoms with Crippen molar-refractivity contribution in [2.75, 3.05) is 13.1 Å². The number of rotatable bonds is 1. The minimum atomic E-state index is 1.11. The summed E-state index contributed by atoms with van der Waals surface area (Å²) in [5, 5.41) is 3.43. The zero-order valence-corrected chi connectivity index (χ0v) is 9.64. The Morgan fingerprint density at radius 2 is 2.00 bits per heavy atom. The Balaban J connectivity index is 2.34. The summed E-state index contributed by atoms with van der Waals surface area (Å²) in [6.45, 7) is 6.60. The van der Waals surface area contributed by atoms with Crippen LogP contribution in [0.2, 0.25) is 0 Å². The van der Waals surface area contributed by atoms with E-state index in [9.17, 15) is 0 Å². The van der Waals surface area contributed by atoms with Gasteiger partial charge in [-0.2, -0.15) is 0 Å². The fourth-order valence-corrected chi connectivity index (χ4v) is 2.13. The molecule has 0 saturated carbocycles. The maximum atomic E-state index is 3.43. The average Bonchev–Trinajstić information content (AvgIpc) is 2.50. The highest BCUT2D eigenvalue weighted by molar-refractivity contribution is 5.69. The van der Waals surface area contributed by atoms with Crippen LogP contribution in [0.25, 0.3) is 5.57 Å². The molecule has 0 radical (unpaired) electrons. The molecule has 1 heteroatoms. The summed E-state index contributed by atoms with van der Waals surface area (Å²) in [4.78, 5) is 0. The molecule has 0 bridgehead atoms. The highest BCUT2D eigenvalue weighted by atomic mass is 14.8. The zero-order valence-electron chi connectivity index (χ0n) is 9.64. The molecule has 1 heterocycles. The third-order valence-corrected chi connectivity index (χ3v) is 3.02. The molecule has 0 spiro atoms. The second kappa shape index (κ2) is 4.63. The summed E-state index contributed by atoms with van der Waals surface area (Å²) in [6, 6.07) is 6.73. The number of aryl methyl sites for hydroxylation is 2. The minimum Gasteiger partial charge on any atom is -0.316 e. The Morgan fingerprint density at radius 1 is 1.13 bits per heavy atom. The molecule has 0 aliphatic carbocycles. The van der Waals surface area contributed by atoms with E-state index in [4.69, 9.17) is 0 Å². The van der Waals surface area contributed by atoms with Crippen LogP contribution in [-0.2, 0) is 0 Å². The topological polar surface area (TPSA) is 12.0 Å². The van der Waals surface area contributed by atoms with E-state index in [1.165, 1.54) is 22.3 Å². The molecule has 1 nitrogen and oxygen atoms in total. The fourth-order valence-electron chi connectivity index (χ4n) is 2.13. The van der Waals surface area contributed by atoms with Gasteiger partial charge in [-0.05, 0) is 56.5 Å². The summed E-state index contributed by atoms with van der Waals surface area (Å²) in [6.07, 6.45) is 4.70. The lowest BCUT2D eigenvalue weighted by atomic mass is 9.96. The molecule has 1 N–H and O–H groups in total. The van der Waals surface area contributed by atoms with Crippen molar-refractivity contribution in [2.45, 2.75) is 26.7 Å². The van der Waals surface area contributed by atoms with Gasteiger partial charge in [-0.3, -0.25) is 0 Å². The van der Waals surface area contributed by atoms with Crippen LogP contribution in [0.1, 0.15) is 29.5 Å². The first-order valence-corrected chi connectivity index (χ1v) is 5.75. The first-order valence-electron chi connectivity index (χ1n) is 5.75. The van der Waals surface area contributed by atoms with Gasteiger partial charge in [0.1, 0.15) is 0 Å². The lowest BCUT2D eigenvalue weighted by Gasteiger charge is -2.10. The third kappa shape index (κ3) is 2.48. The van der Waals surface area contributed by atoms with Gasteiger partial charge in [0, 0.05) is 0 Å². The Morgan fingerprint density at radius 3 is 2.87 bits per heavy atom. The predicted octanol–water partition coefficient (Wildman–Crippen LogP) is 3.07.